The van der Waals surface area contributed by atoms with Gasteiger partial charge in [0.25, 0.3) is 11.7 Å². The van der Waals surface area contributed by atoms with Gasteiger partial charge in [-0.2, -0.15) is 5.26 Å². The van der Waals surface area contributed by atoms with Crippen molar-refractivity contribution in [1.82, 2.24) is 5.32 Å². The van der Waals surface area contributed by atoms with Crippen LogP contribution in [0.2, 0.25) is 0 Å². The molecule has 2 aromatic rings. The molecule has 2 aromatic carbocycles. The molecule has 0 saturated heterocycles. The molecule has 4 N–H and O–H groups in total. The fourth-order valence-corrected chi connectivity index (χ4v) is 2.40. The number of nitrogens with zero attached hydrogens (tertiary/aromatic N) is 1. The second-order valence-electron chi connectivity index (χ2n) is 5.32. The number of carbonyl (C=O) groups is 1. The van der Waals surface area contributed by atoms with Crippen molar-refractivity contribution in [3.63, 3.8) is 0 Å². The second kappa shape index (κ2) is 8.44. The Morgan fingerprint density at radius 3 is 2.69 bits per heavy atom. The Labute approximate surface area is 150 Å². The summed E-state index contributed by atoms with van der Waals surface area (Å²) in [5.41, 5.74) is 0.945. The highest BCUT2D eigenvalue weighted by Gasteiger charge is 2.13. The number of nitrogens with one attached hydrogen (secondary N) is 1. The maximum absolute atomic E-state index is 12.3. The van der Waals surface area contributed by atoms with E-state index in [4.69, 9.17) is 14.6 Å². The molecule has 2 rings (SSSR count). The number of aromatic hydroxyl groups is 1. The first-order chi connectivity index (χ1) is 12.5. The van der Waals surface area contributed by atoms with Gasteiger partial charge in [0.1, 0.15) is 17.4 Å². The van der Waals surface area contributed by atoms with Crippen LogP contribution in [0.4, 0.5) is 0 Å². The van der Waals surface area contributed by atoms with Crippen LogP contribution in [0.5, 0.6) is 23.0 Å². The third kappa shape index (κ3) is 4.45. The van der Waals surface area contributed by atoms with Gasteiger partial charge in [-0.1, -0.05) is 12.1 Å². The van der Waals surface area contributed by atoms with Crippen LogP contribution in [0.15, 0.2) is 42.0 Å². The Morgan fingerprint density at radius 1 is 1.31 bits per heavy atom. The summed E-state index contributed by atoms with van der Waals surface area (Å²) in [5.74, 6) is 0.438. The van der Waals surface area contributed by atoms with E-state index in [-0.39, 0.29) is 23.6 Å². The molecule has 134 valence electrons. The third-order valence-electron chi connectivity index (χ3n) is 3.54. The van der Waals surface area contributed by atoms with Gasteiger partial charge in [0.05, 0.1) is 20.3 Å². The van der Waals surface area contributed by atoms with Crippen molar-refractivity contribution < 1.29 is 24.5 Å². The van der Waals surface area contributed by atoms with Gasteiger partial charge in [0, 0.05) is 18.2 Å². The molecule has 0 aromatic heterocycles. The zero-order chi connectivity index (χ0) is 19.1. The lowest BCUT2D eigenvalue weighted by Gasteiger charge is -2.13. The van der Waals surface area contributed by atoms with E-state index in [9.17, 15) is 15.2 Å². The van der Waals surface area contributed by atoms with E-state index in [1.54, 1.807) is 18.2 Å². The molecule has 7 heteroatoms. The number of phenolic OH excluding ortho intramolecular Hbond substituents is 1. The van der Waals surface area contributed by atoms with Crippen LogP contribution in [0.25, 0.3) is 6.08 Å². The van der Waals surface area contributed by atoms with Crippen LogP contribution in [-0.2, 0) is 11.3 Å². The number of amides is 1. The highest BCUT2D eigenvalue weighted by atomic mass is 16.5. The van der Waals surface area contributed by atoms with Gasteiger partial charge in [0.2, 0.25) is 0 Å². The number of phenols is 1. The summed E-state index contributed by atoms with van der Waals surface area (Å²) >= 11 is 0. The Morgan fingerprint density at radius 2 is 2.08 bits per heavy atom. The first-order valence-corrected chi connectivity index (χ1v) is 7.64. The second-order valence-corrected chi connectivity index (χ2v) is 5.32. The highest BCUT2D eigenvalue weighted by molar-refractivity contribution is 6.01. The van der Waals surface area contributed by atoms with Gasteiger partial charge in [-0.05, 0) is 23.8 Å². The van der Waals surface area contributed by atoms with Crippen molar-refractivity contribution in [2.45, 2.75) is 6.54 Å². The van der Waals surface area contributed by atoms with Gasteiger partial charge in [-0.25, -0.2) is 0 Å². The van der Waals surface area contributed by atoms with Crippen LogP contribution < -0.4 is 14.8 Å². The van der Waals surface area contributed by atoms with Gasteiger partial charge < -0.3 is 25.0 Å². The van der Waals surface area contributed by atoms with E-state index in [0.29, 0.717) is 22.6 Å². The summed E-state index contributed by atoms with van der Waals surface area (Å²) < 4.78 is 10.5. The number of para-hydroxylation sites is 1. The van der Waals surface area contributed by atoms with E-state index in [1.165, 1.54) is 38.5 Å². The predicted molar refractivity (Wildman–Crippen MR) is 96.1 cm³/mol. The summed E-state index contributed by atoms with van der Waals surface area (Å²) in [6, 6.07) is 11.2. The van der Waals surface area contributed by atoms with Crippen molar-refractivity contribution in [1.29, 1.82) is 5.26 Å². The molecule has 0 saturated carbocycles. The molecule has 0 heterocycles. The summed E-state index contributed by atoms with van der Waals surface area (Å²) in [6.07, 6.45) is 1.32. The normalized spacial score (nSPS) is 10.7. The van der Waals surface area contributed by atoms with Crippen molar-refractivity contribution in [2.24, 2.45) is 0 Å². The molecule has 26 heavy (non-hydrogen) atoms. The number of ether oxygens (including phenoxy) is 2. The van der Waals surface area contributed by atoms with Gasteiger partial charge in [-0.3, -0.25) is 4.79 Å². The standard InChI is InChI=1S/C19H18N2O5/c1-25-17-5-3-4-13(18(17)26-2)11-21-19(24)14(10-20)6-12-7-15(22)9-16(23)8-12/h3-9,22-23H,11H2,1-2H3,(H,21,24)/p+1/b14-6+. The minimum atomic E-state index is -0.577. The zero-order valence-electron chi connectivity index (χ0n) is 14.4. The maximum Gasteiger partial charge on any atom is 0.262 e. The first-order valence-electron chi connectivity index (χ1n) is 7.64. The van der Waals surface area contributed by atoms with E-state index < -0.39 is 5.91 Å². The molecule has 0 bridgehead atoms. The van der Waals surface area contributed by atoms with Crippen LogP contribution in [-0.4, -0.2) is 30.3 Å². The zero-order valence-corrected chi connectivity index (χ0v) is 14.4. The van der Waals surface area contributed by atoms with Crippen LogP contribution in [0.3, 0.4) is 0 Å². The van der Waals surface area contributed by atoms with Crippen molar-refractivity contribution in [3.8, 4) is 29.1 Å². The lowest BCUT2D eigenvalue weighted by Crippen LogP contribution is -2.24. The monoisotopic (exact) mass is 355 g/mol. The number of hydrogen-bond donors (Lipinski definition) is 2. The molecule has 1 amide bonds. The molecule has 0 unspecified atom stereocenters. The number of methoxy groups -OCH3 is 2. The predicted octanol–water partition coefficient (Wildman–Crippen LogP) is 2.07. The topological polar surface area (TPSA) is 114 Å². The Bertz CT molecular complexity index is 864. The largest absolute Gasteiger partial charge is 0.593 e. The minimum absolute atomic E-state index is 0.0788. The van der Waals surface area contributed by atoms with Gasteiger partial charge >= 0.3 is 0 Å². The van der Waals surface area contributed by atoms with E-state index >= 15 is 0 Å². The number of nitriles is 1. The molecule has 0 radical (unpaired) electrons. The quantitative estimate of drug-likeness (QED) is 0.468. The molecular formula is C19H19N2O5+. The van der Waals surface area contributed by atoms with E-state index in [2.05, 4.69) is 5.32 Å². The van der Waals surface area contributed by atoms with Crippen LogP contribution in [0, 0.1) is 11.3 Å². The first kappa shape index (κ1) is 18.7. The summed E-state index contributed by atoms with van der Waals surface area (Å²) in [7, 11) is 3.02. The Hall–Kier alpha value is -3.66. The van der Waals surface area contributed by atoms with Crippen molar-refractivity contribution in [2.75, 3.05) is 14.2 Å². The van der Waals surface area contributed by atoms with Crippen LogP contribution in [0.1, 0.15) is 11.1 Å². The highest BCUT2D eigenvalue weighted by Crippen LogP contribution is 2.30. The molecule has 7 nitrogen and oxygen atoms in total. The summed E-state index contributed by atoms with van der Waals surface area (Å²) in [4.78, 5) is 12.3. The number of hydrogen-bond acceptors (Lipinski definition) is 5. The average Bonchev–Trinajstić information content (AvgIpc) is 2.62. The number of benzene rings is 2. The summed E-state index contributed by atoms with van der Waals surface area (Å²) in [6.45, 7) is 0.141. The molecule has 0 aliphatic heterocycles. The van der Waals surface area contributed by atoms with Crippen molar-refractivity contribution >= 4 is 12.0 Å². The SMILES string of the molecule is COc1cccc(CNC(=O)/C(C#N)=C/c2cc(O)cc([OH2+])c2)c1OC. The fraction of sp³-hybridized carbons (Fsp3) is 0.158. The van der Waals surface area contributed by atoms with E-state index in [0.717, 1.165) is 0 Å². The fourth-order valence-electron chi connectivity index (χ4n) is 2.40. The lowest BCUT2D eigenvalue weighted by atomic mass is 10.1. The van der Waals surface area contributed by atoms with Gasteiger partial charge in [-0.15, -0.1) is 0 Å². The Balaban J connectivity index is 2.18. The third-order valence-corrected chi connectivity index (χ3v) is 3.54. The number of rotatable bonds is 6. The van der Waals surface area contributed by atoms with E-state index in [1.807, 2.05) is 6.07 Å². The molecule has 0 aliphatic rings. The molecule has 0 spiro atoms. The van der Waals surface area contributed by atoms with Crippen molar-refractivity contribution in [3.05, 3.63) is 53.1 Å². The number of carbonyl (C=O) groups excluding carboxylic acids is 1. The smallest absolute Gasteiger partial charge is 0.262 e. The lowest BCUT2D eigenvalue weighted by molar-refractivity contribution is -0.117. The van der Waals surface area contributed by atoms with Crippen LogP contribution >= 0.6 is 0 Å². The summed E-state index contributed by atoms with van der Waals surface area (Å²) in [5, 5.41) is 29.0. The molecule has 0 fully saturated rings. The maximum atomic E-state index is 12.3. The minimum Gasteiger partial charge on any atom is -0.593 e. The molecule has 0 atom stereocenters. The molecular weight excluding hydrogens is 336 g/mol. The Kier molecular flexibility index (Phi) is 6.06. The molecule has 0 aliphatic carbocycles. The van der Waals surface area contributed by atoms with Gasteiger partial charge in [0.15, 0.2) is 11.5 Å². The average molecular weight is 355 g/mol.